The molecule has 0 radical (unpaired) electrons. The van der Waals surface area contributed by atoms with Gasteiger partial charge in [-0.25, -0.2) is 4.99 Å². The minimum absolute atomic E-state index is 0.0832. The molecule has 0 spiro atoms. The lowest BCUT2D eigenvalue weighted by molar-refractivity contribution is 1.05. The van der Waals surface area contributed by atoms with E-state index in [9.17, 15) is 0 Å². The molecule has 1 aromatic rings. The molecular weight excluding hydrogens is 190 g/mol. The lowest BCUT2D eigenvalue weighted by atomic mass is 10.1. The summed E-state index contributed by atoms with van der Waals surface area (Å²) in [7, 11) is 0. The Morgan fingerprint density at radius 2 is 1.73 bits per heavy atom. The van der Waals surface area contributed by atoms with Crippen molar-refractivity contribution in [2.24, 2.45) is 27.2 Å². The summed E-state index contributed by atoms with van der Waals surface area (Å²) < 4.78 is 0. The molecule has 1 rings (SSSR count). The fourth-order valence-corrected chi connectivity index (χ4v) is 1.03. The molecule has 5 heteroatoms. The number of aliphatic imine (C=N–C) groups is 2. The lowest BCUT2D eigenvalue weighted by Crippen LogP contribution is -2.26. The van der Waals surface area contributed by atoms with Crippen LogP contribution in [0.15, 0.2) is 34.3 Å². The fourth-order valence-electron chi connectivity index (χ4n) is 1.03. The van der Waals surface area contributed by atoms with E-state index in [1.54, 1.807) is 0 Å². The molecule has 0 atom stereocenters. The third-order valence-electron chi connectivity index (χ3n) is 1.79. The third-order valence-corrected chi connectivity index (χ3v) is 1.79. The summed E-state index contributed by atoms with van der Waals surface area (Å²) >= 11 is 0. The van der Waals surface area contributed by atoms with Gasteiger partial charge in [0.15, 0.2) is 5.96 Å². The van der Waals surface area contributed by atoms with Crippen molar-refractivity contribution in [3.8, 4) is 0 Å². The Hall–Kier alpha value is -2.04. The molecule has 0 fully saturated rings. The largest absolute Gasteiger partial charge is 0.370 e. The average Bonchev–Trinajstić information content (AvgIpc) is 2.16. The maximum Gasteiger partial charge on any atom is 0.218 e. The molecule has 15 heavy (non-hydrogen) atoms. The van der Waals surface area contributed by atoms with Crippen LogP contribution in [0.2, 0.25) is 0 Å². The zero-order valence-corrected chi connectivity index (χ0v) is 8.64. The quantitative estimate of drug-likeness (QED) is 0.470. The van der Waals surface area contributed by atoms with E-state index in [2.05, 4.69) is 9.98 Å². The number of hydrogen-bond donors (Lipinski definition) is 3. The van der Waals surface area contributed by atoms with Crippen LogP contribution in [-0.4, -0.2) is 11.9 Å². The molecule has 0 aliphatic heterocycles. The van der Waals surface area contributed by atoms with Crippen molar-refractivity contribution in [3.63, 3.8) is 0 Å². The molecule has 1 aromatic carbocycles. The minimum Gasteiger partial charge on any atom is -0.370 e. The number of aryl methyl sites for hydroxylation is 1. The van der Waals surface area contributed by atoms with Crippen molar-refractivity contribution in [3.05, 3.63) is 35.4 Å². The molecule has 0 aliphatic carbocycles. The number of nitrogens with zero attached hydrogens (tertiary/aromatic N) is 2. The summed E-state index contributed by atoms with van der Waals surface area (Å²) in [4.78, 5) is 7.62. The Balaban J connectivity index is 2.64. The second-order valence-electron chi connectivity index (χ2n) is 3.20. The van der Waals surface area contributed by atoms with E-state index in [0.29, 0.717) is 6.54 Å². The van der Waals surface area contributed by atoms with Crippen molar-refractivity contribution in [2.45, 2.75) is 13.5 Å². The minimum atomic E-state index is -0.0832. The average molecular weight is 205 g/mol. The number of nitrogens with two attached hydrogens (primary N) is 3. The van der Waals surface area contributed by atoms with Crippen LogP contribution in [0.4, 0.5) is 0 Å². The van der Waals surface area contributed by atoms with Gasteiger partial charge in [0.2, 0.25) is 5.96 Å². The van der Waals surface area contributed by atoms with E-state index in [-0.39, 0.29) is 11.9 Å². The van der Waals surface area contributed by atoms with Gasteiger partial charge in [-0.1, -0.05) is 29.8 Å². The van der Waals surface area contributed by atoms with Gasteiger partial charge in [0.1, 0.15) is 0 Å². The van der Waals surface area contributed by atoms with Crippen LogP contribution in [0.5, 0.6) is 0 Å². The molecule has 0 aliphatic rings. The maximum atomic E-state index is 5.45. The second kappa shape index (κ2) is 4.99. The number of guanidine groups is 2. The predicted octanol–water partition coefficient (Wildman–Crippen LogP) is 0.0831. The number of rotatable bonds is 2. The van der Waals surface area contributed by atoms with Gasteiger partial charge < -0.3 is 17.2 Å². The first kappa shape index (κ1) is 11.0. The molecule has 0 saturated carbocycles. The summed E-state index contributed by atoms with van der Waals surface area (Å²) in [6.07, 6.45) is 0. The first-order chi connectivity index (χ1) is 7.08. The van der Waals surface area contributed by atoms with Crippen molar-refractivity contribution in [1.82, 2.24) is 0 Å². The SMILES string of the molecule is Cc1ccc(CN=C(N)N=C(N)N)cc1. The van der Waals surface area contributed by atoms with Gasteiger partial charge in [-0.05, 0) is 12.5 Å². The summed E-state index contributed by atoms with van der Waals surface area (Å²) in [6.45, 7) is 2.50. The van der Waals surface area contributed by atoms with Crippen LogP contribution in [0.1, 0.15) is 11.1 Å². The highest BCUT2D eigenvalue weighted by Gasteiger charge is 1.92. The third kappa shape index (κ3) is 4.12. The maximum absolute atomic E-state index is 5.45. The smallest absolute Gasteiger partial charge is 0.218 e. The zero-order valence-electron chi connectivity index (χ0n) is 8.64. The molecule has 5 nitrogen and oxygen atoms in total. The standard InChI is InChI=1S/C10H15N5/c1-7-2-4-8(5-3-7)6-14-10(13)15-9(11)12/h2-5H,6H2,1H3,(H6,11,12,13,14,15). The molecule has 0 amide bonds. The van der Waals surface area contributed by atoms with Crippen molar-refractivity contribution in [2.75, 3.05) is 0 Å². The van der Waals surface area contributed by atoms with Gasteiger partial charge in [0.25, 0.3) is 0 Å². The Morgan fingerprint density at radius 3 is 2.27 bits per heavy atom. The van der Waals surface area contributed by atoms with Gasteiger partial charge in [-0.2, -0.15) is 4.99 Å². The Kier molecular flexibility index (Phi) is 3.68. The van der Waals surface area contributed by atoms with E-state index in [1.165, 1.54) is 5.56 Å². The van der Waals surface area contributed by atoms with Crippen LogP contribution < -0.4 is 17.2 Å². The molecule has 0 heterocycles. The normalized spacial score (nSPS) is 11.1. The van der Waals surface area contributed by atoms with Gasteiger partial charge in [0.05, 0.1) is 6.54 Å². The Morgan fingerprint density at radius 1 is 1.13 bits per heavy atom. The van der Waals surface area contributed by atoms with Gasteiger partial charge in [-0.15, -0.1) is 0 Å². The summed E-state index contributed by atoms with van der Waals surface area (Å²) in [5.74, 6) is 0.00994. The highest BCUT2D eigenvalue weighted by atomic mass is 15.1. The summed E-state index contributed by atoms with van der Waals surface area (Å²) in [5, 5.41) is 0. The highest BCUT2D eigenvalue weighted by molar-refractivity contribution is 5.92. The van der Waals surface area contributed by atoms with Crippen molar-refractivity contribution in [1.29, 1.82) is 0 Å². The molecule has 0 unspecified atom stereocenters. The Bertz CT molecular complexity index is 373. The Labute approximate surface area is 88.7 Å². The van der Waals surface area contributed by atoms with E-state index in [0.717, 1.165) is 5.56 Å². The fraction of sp³-hybridized carbons (Fsp3) is 0.200. The summed E-state index contributed by atoms with van der Waals surface area (Å²) in [5.41, 5.74) is 18.0. The van der Waals surface area contributed by atoms with E-state index in [4.69, 9.17) is 17.2 Å². The molecule has 0 bridgehead atoms. The molecular formula is C10H15N5. The van der Waals surface area contributed by atoms with Crippen molar-refractivity contribution >= 4 is 11.9 Å². The molecule has 0 saturated heterocycles. The first-order valence-corrected chi connectivity index (χ1v) is 4.53. The zero-order chi connectivity index (χ0) is 11.3. The monoisotopic (exact) mass is 205 g/mol. The molecule has 0 aromatic heterocycles. The molecule has 6 N–H and O–H groups in total. The second-order valence-corrected chi connectivity index (χ2v) is 3.20. The summed E-state index contributed by atoms with van der Waals surface area (Å²) in [6, 6.07) is 8.01. The van der Waals surface area contributed by atoms with Crippen LogP contribution in [0.25, 0.3) is 0 Å². The van der Waals surface area contributed by atoms with Crippen LogP contribution >= 0.6 is 0 Å². The van der Waals surface area contributed by atoms with E-state index in [1.807, 2.05) is 31.2 Å². The van der Waals surface area contributed by atoms with E-state index >= 15 is 0 Å². The van der Waals surface area contributed by atoms with Crippen LogP contribution in [0.3, 0.4) is 0 Å². The first-order valence-electron chi connectivity index (χ1n) is 4.53. The highest BCUT2D eigenvalue weighted by Crippen LogP contribution is 2.04. The lowest BCUT2D eigenvalue weighted by Gasteiger charge is -1.98. The number of benzene rings is 1. The van der Waals surface area contributed by atoms with Crippen molar-refractivity contribution < 1.29 is 0 Å². The van der Waals surface area contributed by atoms with Gasteiger partial charge in [0, 0.05) is 0 Å². The van der Waals surface area contributed by atoms with Crippen LogP contribution in [-0.2, 0) is 6.54 Å². The van der Waals surface area contributed by atoms with Crippen LogP contribution in [0, 0.1) is 6.92 Å². The molecule has 80 valence electrons. The van der Waals surface area contributed by atoms with Gasteiger partial charge >= 0.3 is 0 Å². The predicted molar refractivity (Wildman–Crippen MR) is 62.3 cm³/mol. The van der Waals surface area contributed by atoms with Gasteiger partial charge in [-0.3, -0.25) is 0 Å². The van der Waals surface area contributed by atoms with E-state index < -0.39 is 0 Å². The topological polar surface area (TPSA) is 103 Å². The number of hydrogen-bond acceptors (Lipinski definition) is 1.